The molecule has 4 nitrogen and oxygen atoms in total. The van der Waals surface area contributed by atoms with Gasteiger partial charge in [-0.25, -0.2) is 0 Å². The van der Waals surface area contributed by atoms with Crippen molar-refractivity contribution in [1.82, 2.24) is 0 Å². The van der Waals surface area contributed by atoms with Crippen LogP contribution in [0.5, 0.6) is 5.75 Å². The summed E-state index contributed by atoms with van der Waals surface area (Å²) in [5.41, 5.74) is 0.974. The normalized spacial score (nSPS) is 12.2. The first-order valence-corrected chi connectivity index (χ1v) is 6.89. The Bertz CT molecular complexity index is 403. The standard InChI is InChI=1S/C16H24O4/c1-13(12-19-3)16(17)11-14-6-4-7-15(10-14)20-9-5-8-18-2/h4,6-7,10,13H,5,8-9,11-12H2,1-3H3. The highest BCUT2D eigenvalue weighted by Crippen LogP contribution is 2.15. The van der Waals surface area contributed by atoms with Gasteiger partial charge >= 0.3 is 0 Å². The van der Waals surface area contributed by atoms with Gasteiger partial charge < -0.3 is 14.2 Å². The highest BCUT2D eigenvalue weighted by Gasteiger charge is 2.13. The van der Waals surface area contributed by atoms with E-state index in [2.05, 4.69) is 0 Å². The van der Waals surface area contributed by atoms with Crippen molar-refractivity contribution in [1.29, 1.82) is 0 Å². The molecule has 0 aromatic heterocycles. The Morgan fingerprint density at radius 1 is 1.20 bits per heavy atom. The van der Waals surface area contributed by atoms with Crippen molar-refractivity contribution in [3.05, 3.63) is 29.8 Å². The molecule has 0 aliphatic carbocycles. The Labute approximate surface area is 121 Å². The largest absolute Gasteiger partial charge is 0.493 e. The van der Waals surface area contributed by atoms with E-state index in [1.807, 2.05) is 31.2 Å². The highest BCUT2D eigenvalue weighted by molar-refractivity contribution is 5.83. The third-order valence-electron chi connectivity index (χ3n) is 3.00. The predicted molar refractivity (Wildman–Crippen MR) is 78.2 cm³/mol. The second-order valence-electron chi connectivity index (χ2n) is 4.84. The molecule has 0 heterocycles. The van der Waals surface area contributed by atoms with Crippen LogP contribution in [0.15, 0.2) is 24.3 Å². The number of ether oxygens (including phenoxy) is 3. The maximum Gasteiger partial charge on any atom is 0.142 e. The van der Waals surface area contributed by atoms with E-state index in [-0.39, 0.29) is 11.7 Å². The van der Waals surface area contributed by atoms with Crippen LogP contribution < -0.4 is 4.74 Å². The van der Waals surface area contributed by atoms with E-state index < -0.39 is 0 Å². The number of methoxy groups -OCH3 is 2. The number of carbonyl (C=O) groups excluding carboxylic acids is 1. The molecule has 0 saturated heterocycles. The molecule has 0 amide bonds. The summed E-state index contributed by atoms with van der Waals surface area (Å²) in [6.45, 7) is 3.65. The Morgan fingerprint density at radius 2 is 2.00 bits per heavy atom. The molecule has 0 N–H and O–H groups in total. The molecule has 1 rings (SSSR count). The number of carbonyl (C=O) groups is 1. The van der Waals surface area contributed by atoms with Crippen LogP contribution in [0, 0.1) is 5.92 Å². The molecular weight excluding hydrogens is 256 g/mol. The zero-order valence-corrected chi connectivity index (χ0v) is 12.6. The predicted octanol–water partition coefficient (Wildman–Crippen LogP) is 2.50. The third-order valence-corrected chi connectivity index (χ3v) is 3.00. The Kier molecular flexibility index (Phi) is 7.92. The summed E-state index contributed by atoms with van der Waals surface area (Å²) in [5.74, 6) is 0.903. The van der Waals surface area contributed by atoms with Crippen molar-refractivity contribution < 1.29 is 19.0 Å². The van der Waals surface area contributed by atoms with E-state index in [1.54, 1.807) is 14.2 Å². The first kappa shape index (κ1) is 16.7. The van der Waals surface area contributed by atoms with E-state index in [1.165, 1.54) is 0 Å². The molecule has 0 aliphatic heterocycles. The fourth-order valence-electron chi connectivity index (χ4n) is 1.86. The second kappa shape index (κ2) is 9.50. The number of hydrogen-bond donors (Lipinski definition) is 0. The molecule has 0 bridgehead atoms. The first-order valence-electron chi connectivity index (χ1n) is 6.89. The van der Waals surface area contributed by atoms with E-state index in [9.17, 15) is 4.79 Å². The van der Waals surface area contributed by atoms with E-state index >= 15 is 0 Å². The van der Waals surface area contributed by atoms with Gasteiger partial charge in [0, 0.05) is 39.6 Å². The van der Waals surface area contributed by atoms with Crippen LogP contribution in [-0.4, -0.2) is 39.8 Å². The van der Waals surface area contributed by atoms with Crippen LogP contribution in [0.3, 0.4) is 0 Å². The minimum Gasteiger partial charge on any atom is -0.493 e. The molecule has 0 spiro atoms. The van der Waals surface area contributed by atoms with E-state index in [0.717, 1.165) is 17.7 Å². The van der Waals surface area contributed by atoms with Crippen molar-refractivity contribution in [2.45, 2.75) is 19.8 Å². The molecule has 1 atom stereocenters. The third kappa shape index (κ3) is 6.17. The highest BCUT2D eigenvalue weighted by atomic mass is 16.5. The molecule has 0 fully saturated rings. The number of hydrogen-bond acceptors (Lipinski definition) is 4. The van der Waals surface area contributed by atoms with Crippen LogP contribution in [-0.2, 0) is 20.7 Å². The molecule has 1 unspecified atom stereocenters. The average Bonchev–Trinajstić information content (AvgIpc) is 2.44. The van der Waals surface area contributed by atoms with E-state index in [4.69, 9.17) is 14.2 Å². The topological polar surface area (TPSA) is 44.8 Å². The Balaban J connectivity index is 2.48. The number of Topliss-reactive ketones (excluding diaryl/α,β-unsaturated/α-hetero) is 1. The van der Waals surface area contributed by atoms with Crippen LogP contribution in [0.1, 0.15) is 18.9 Å². The fourth-order valence-corrected chi connectivity index (χ4v) is 1.86. The summed E-state index contributed by atoms with van der Waals surface area (Å²) in [6.07, 6.45) is 1.27. The summed E-state index contributed by atoms with van der Waals surface area (Å²) in [7, 11) is 3.28. The number of benzene rings is 1. The van der Waals surface area contributed by atoms with Gasteiger partial charge in [0.15, 0.2) is 0 Å². The lowest BCUT2D eigenvalue weighted by Gasteiger charge is -2.10. The van der Waals surface area contributed by atoms with Gasteiger partial charge in [0.25, 0.3) is 0 Å². The van der Waals surface area contributed by atoms with Crippen molar-refractivity contribution in [2.75, 3.05) is 34.0 Å². The smallest absolute Gasteiger partial charge is 0.142 e. The zero-order valence-electron chi connectivity index (χ0n) is 12.6. The molecule has 0 aliphatic rings. The molecule has 20 heavy (non-hydrogen) atoms. The fraction of sp³-hybridized carbons (Fsp3) is 0.562. The van der Waals surface area contributed by atoms with Gasteiger partial charge in [-0.3, -0.25) is 4.79 Å². The molecule has 1 aromatic rings. The summed E-state index contributed by atoms with van der Waals surface area (Å²) in [5, 5.41) is 0. The lowest BCUT2D eigenvalue weighted by molar-refractivity contribution is -0.123. The average molecular weight is 280 g/mol. The maximum atomic E-state index is 12.0. The van der Waals surface area contributed by atoms with Gasteiger partial charge in [-0.2, -0.15) is 0 Å². The summed E-state index contributed by atoms with van der Waals surface area (Å²) in [6, 6.07) is 7.68. The lowest BCUT2D eigenvalue weighted by Crippen LogP contribution is -2.18. The maximum absolute atomic E-state index is 12.0. The van der Waals surface area contributed by atoms with Gasteiger partial charge in [0.2, 0.25) is 0 Å². The molecule has 112 valence electrons. The van der Waals surface area contributed by atoms with Crippen LogP contribution in [0.4, 0.5) is 0 Å². The number of rotatable bonds is 10. The van der Waals surface area contributed by atoms with Gasteiger partial charge in [0.05, 0.1) is 13.2 Å². The van der Waals surface area contributed by atoms with Gasteiger partial charge in [-0.1, -0.05) is 19.1 Å². The summed E-state index contributed by atoms with van der Waals surface area (Å²) >= 11 is 0. The van der Waals surface area contributed by atoms with Gasteiger partial charge in [0.1, 0.15) is 11.5 Å². The van der Waals surface area contributed by atoms with Crippen molar-refractivity contribution in [2.24, 2.45) is 5.92 Å². The SMILES string of the molecule is COCCCOc1cccc(CC(=O)C(C)COC)c1. The summed E-state index contributed by atoms with van der Waals surface area (Å²) < 4.78 is 15.6. The summed E-state index contributed by atoms with van der Waals surface area (Å²) in [4.78, 5) is 12.0. The molecular formula is C16H24O4. The van der Waals surface area contributed by atoms with Crippen molar-refractivity contribution >= 4 is 5.78 Å². The van der Waals surface area contributed by atoms with Gasteiger partial charge in [-0.05, 0) is 17.7 Å². The van der Waals surface area contributed by atoms with Crippen molar-refractivity contribution in [3.8, 4) is 5.75 Å². The van der Waals surface area contributed by atoms with Crippen molar-refractivity contribution in [3.63, 3.8) is 0 Å². The second-order valence-corrected chi connectivity index (χ2v) is 4.84. The minimum absolute atomic E-state index is 0.0775. The molecule has 4 heteroatoms. The number of ketones is 1. The zero-order chi connectivity index (χ0) is 14.8. The molecule has 0 saturated carbocycles. The van der Waals surface area contributed by atoms with Crippen LogP contribution in [0.25, 0.3) is 0 Å². The van der Waals surface area contributed by atoms with Gasteiger partial charge in [-0.15, -0.1) is 0 Å². The Morgan fingerprint density at radius 3 is 2.70 bits per heavy atom. The monoisotopic (exact) mass is 280 g/mol. The molecule has 1 aromatic carbocycles. The first-order chi connectivity index (χ1) is 9.67. The Hall–Kier alpha value is -1.39. The van der Waals surface area contributed by atoms with Crippen LogP contribution in [0.2, 0.25) is 0 Å². The quantitative estimate of drug-likeness (QED) is 0.618. The van der Waals surface area contributed by atoms with Crippen LogP contribution >= 0.6 is 0 Å². The minimum atomic E-state index is -0.0775. The van der Waals surface area contributed by atoms with E-state index in [0.29, 0.717) is 26.2 Å². The molecule has 0 radical (unpaired) electrons. The lowest BCUT2D eigenvalue weighted by atomic mass is 10.00.